The van der Waals surface area contributed by atoms with Gasteiger partial charge in [0.25, 0.3) is 0 Å². The van der Waals surface area contributed by atoms with Crippen LogP contribution in [0.2, 0.25) is 0 Å². The van der Waals surface area contributed by atoms with Crippen molar-refractivity contribution >= 4 is 11.8 Å². The second-order valence-corrected chi connectivity index (χ2v) is 6.37. The number of carbonyl (C=O) groups is 2. The van der Waals surface area contributed by atoms with E-state index in [4.69, 9.17) is 4.74 Å². The zero-order valence-electron chi connectivity index (χ0n) is 13.3. The van der Waals surface area contributed by atoms with E-state index in [-0.39, 0.29) is 30.3 Å². The first-order chi connectivity index (χ1) is 11.7. The lowest BCUT2D eigenvalue weighted by Crippen LogP contribution is -2.55. The highest BCUT2D eigenvalue weighted by Gasteiger charge is 2.47. The minimum Gasteiger partial charge on any atom is -0.454 e. The van der Waals surface area contributed by atoms with Crippen molar-refractivity contribution in [3.05, 3.63) is 71.8 Å². The Hall–Kier alpha value is -2.46. The van der Waals surface area contributed by atoms with E-state index >= 15 is 0 Å². The van der Waals surface area contributed by atoms with E-state index in [1.165, 1.54) is 0 Å². The molecule has 0 spiro atoms. The SMILES string of the molecule is O=C1CCN2[C@@H](C1)C(=O)O[C@H](c1ccccc1)[C@@H]2c1ccccc1. The van der Waals surface area contributed by atoms with Crippen LogP contribution in [0, 0.1) is 0 Å². The summed E-state index contributed by atoms with van der Waals surface area (Å²) in [5.41, 5.74) is 2.09. The van der Waals surface area contributed by atoms with Crippen LogP contribution in [-0.4, -0.2) is 29.2 Å². The number of cyclic esters (lactones) is 1. The first-order valence-electron chi connectivity index (χ1n) is 8.32. The Balaban J connectivity index is 1.78. The monoisotopic (exact) mass is 321 g/mol. The van der Waals surface area contributed by atoms with Gasteiger partial charge in [-0.15, -0.1) is 0 Å². The zero-order valence-corrected chi connectivity index (χ0v) is 13.3. The van der Waals surface area contributed by atoms with E-state index in [9.17, 15) is 9.59 Å². The summed E-state index contributed by atoms with van der Waals surface area (Å²) in [4.78, 5) is 26.5. The van der Waals surface area contributed by atoms with Gasteiger partial charge in [0.1, 0.15) is 17.9 Å². The number of carbonyl (C=O) groups excluding carboxylic acids is 2. The van der Waals surface area contributed by atoms with Gasteiger partial charge in [-0.25, -0.2) is 0 Å². The zero-order chi connectivity index (χ0) is 16.5. The molecule has 2 heterocycles. The summed E-state index contributed by atoms with van der Waals surface area (Å²) < 4.78 is 5.82. The van der Waals surface area contributed by atoms with Gasteiger partial charge in [-0.1, -0.05) is 60.7 Å². The predicted octanol–water partition coefficient (Wildman–Crippen LogP) is 3.06. The lowest BCUT2D eigenvalue weighted by molar-refractivity contribution is -0.180. The molecule has 3 atom stereocenters. The van der Waals surface area contributed by atoms with Crippen LogP contribution in [0.1, 0.15) is 36.1 Å². The number of hydrogen-bond acceptors (Lipinski definition) is 4. The van der Waals surface area contributed by atoms with Gasteiger partial charge in [0.05, 0.1) is 6.04 Å². The molecule has 0 amide bonds. The van der Waals surface area contributed by atoms with Crippen LogP contribution in [0.5, 0.6) is 0 Å². The Morgan fingerprint density at radius 3 is 2.17 bits per heavy atom. The van der Waals surface area contributed by atoms with Crippen LogP contribution in [0.25, 0.3) is 0 Å². The number of benzene rings is 2. The van der Waals surface area contributed by atoms with Gasteiger partial charge in [0, 0.05) is 19.4 Å². The van der Waals surface area contributed by atoms with Crippen LogP contribution in [0.15, 0.2) is 60.7 Å². The third kappa shape index (κ3) is 2.63. The third-order valence-corrected chi connectivity index (χ3v) is 4.90. The third-order valence-electron chi connectivity index (χ3n) is 4.90. The van der Waals surface area contributed by atoms with Gasteiger partial charge in [-0.3, -0.25) is 14.5 Å². The van der Waals surface area contributed by atoms with Crippen molar-refractivity contribution in [3.63, 3.8) is 0 Å². The van der Waals surface area contributed by atoms with Gasteiger partial charge in [0.2, 0.25) is 0 Å². The number of Topliss-reactive ketones (excluding diaryl/α,β-unsaturated/α-hetero) is 1. The maximum absolute atomic E-state index is 12.5. The number of fused-ring (bicyclic) bond motifs is 1. The summed E-state index contributed by atoms with van der Waals surface area (Å²) in [6, 6.07) is 19.4. The van der Waals surface area contributed by atoms with Gasteiger partial charge in [-0.2, -0.15) is 0 Å². The van der Waals surface area contributed by atoms with Gasteiger partial charge < -0.3 is 4.74 Å². The fourth-order valence-electron chi connectivity index (χ4n) is 3.75. The maximum atomic E-state index is 12.5. The van der Waals surface area contributed by atoms with E-state index in [2.05, 4.69) is 17.0 Å². The number of ketones is 1. The first kappa shape index (κ1) is 15.1. The van der Waals surface area contributed by atoms with Crippen molar-refractivity contribution in [2.45, 2.75) is 31.0 Å². The highest BCUT2D eigenvalue weighted by molar-refractivity contribution is 5.88. The Bertz CT molecular complexity index is 744. The molecule has 0 aromatic heterocycles. The normalized spacial score (nSPS) is 27.4. The summed E-state index contributed by atoms with van der Waals surface area (Å²) in [6.07, 6.45) is 0.392. The molecular weight excluding hydrogens is 302 g/mol. The summed E-state index contributed by atoms with van der Waals surface area (Å²) >= 11 is 0. The molecule has 2 saturated heterocycles. The van der Waals surface area contributed by atoms with E-state index in [0.717, 1.165) is 11.1 Å². The Labute approximate surface area is 141 Å². The fraction of sp³-hybridized carbons (Fsp3) is 0.300. The summed E-state index contributed by atoms with van der Waals surface area (Å²) in [5, 5.41) is 0. The van der Waals surface area contributed by atoms with E-state index < -0.39 is 6.04 Å². The molecule has 2 aliphatic heterocycles. The molecule has 0 unspecified atom stereocenters. The van der Waals surface area contributed by atoms with Crippen molar-refractivity contribution in [1.29, 1.82) is 0 Å². The molecule has 0 N–H and O–H groups in total. The van der Waals surface area contributed by atoms with Crippen molar-refractivity contribution < 1.29 is 14.3 Å². The predicted molar refractivity (Wildman–Crippen MR) is 89.2 cm³/mol. The molecule has 2 fully saturated rings. The highest BCUT2D eigenvalue weighted by atomic mass is 16.6. The molecule has 2 aromatic rings. The minimum absolute atomic E-state index is 0.0654. The lowest BCUT2D eigenvalue weighted by Gasteiger charge is -2.47. The molecule has 0 bridgehead atoms. The largest absolute Gasteiger partial charge is 0.454 e. The Morgan fingerprint density at radius 2 is 1.50 bits per heavy atom. The number of ether oxygens (including phenoxy) is 1. The Kier molecular flexibility index (Phi) is 3.90. The topological polar surface area (TPSA) is 46.6 Å². The molecule has 2 aliphatic rings. The second-order valence-electron chi connectivity index (χ2n) is 6.37. The van der Waals surface area contributed by atoms with E-state index in [1.807, 2.05) is 48.5 Å². The van der Waals surface area contributed by atoms with Crippen molar-refractivity contribution in [2.75, 3.05) is 6.54 Å². The summed E-state index contributed by atoms with van der Waals surface area (Å²) in [6.45, 7) is 0.599. The quantitative estimate of drug-likeness (QED) is 0.798. The molecule has 0 radical (unpaired) electrons. The number of rotatable bonds is 2. The number of hydrogen-bond donors (Lipinski definition) is 0. The standard InChI is InChI=1S/C20H19NO3/c22-16-11-12-21-17(13-16)20(23)24-19(15-9-5-2-6-10-15)18(21)14-7-3-1-4-8-14/h1-10,17-19H,11-13H2/t17-,18-,19+/m0/s1. The van der Waals surface area contributed by atoms with Gasteiger partial charge >= 0.3 is 5.97 Å². The Morgan fingerprint density at radius 1 is 0.875 bits per heavy atom. The van der Waals surface area contributed by atoms with Crippen LogP contribution in [-0.2, 0) is 14.3 Å². The van der Waals surface area contributed by atoms with Crippen LogP contribution >= 0.6 is 0 Å². The molecule has 0 saturated carbocycles. The average Bonchev–Trinajstić information content (AvgIpc) is 2.63. The average molecular weight is 321 g/mol. The number of piperidine rings is 1. The summed E-state index contributed by atoms with van der Waals surface area (Å²) in [5.74, 6) is -0.151. The first-order valence-corrected chi connectivity index (χ1v) is 8.32. The van der Waals surface area contributed by atoms with Crippen LogP contribution < -0.4 is 0 Å². The molecule has 2 aromatic carbocycles. The van der Waals surface area contributed by atoms with Crippen LogP contribution in [0.3, 0.4) is 0 Å². The second kappa shape index (κ2) is 6.21. The molecule has 4 heteroatoms. The number of morpholine rings is 1. The smallest absolute Gasteiger partial charge is 0.324 e. The molecule has 24 heavy (non-hydrogen) atoms. The van der Waals surface area contributed by atoms with E-state index in [1.54, 1.807) is 0 Å². The molecule has 4 nitrogen and oxygen atoms in total. The summed E-state index contributed by atoms with van der Waals surface area (Å²) in [7, 11) is 0. The van der Waals surface area contributed by atoms with E-state index in [0.29, 0.717) is 13.0 Å². The molecule has 122 valence electrons. The van der Waals surface area contributed by atoms with Crippen molar-refractivity contribution in [2.24, 2.45) is 0 Å². The van der Waals surface area contributed by atoms with Crippen molar-refractivity contribution in [1.82, 2.24) is 4.90 Å². The maximum Gasteiger partial charge on any atom is 0.324 e. The van der Waals surface area contributed by atoms with Gasteiger partial charge in [-0.05, 0) is 11.1 Å². The minimum atomic E-state index is -0.462. The number of esters is 1. The fourth-order valence-corrected chi connectivity index (χ4v) is 3.75. The number of nitrogens with zero attached hydrogens (tertiary/aromatic N) is 1. The van der Waals surface area contributed by atoms with Crippen LogP contribution in [0.4, 0.5) is 0 Å². The molecule has 4 rings (SSSR count). The lowest BCUT2D eigenvalue weighted by atomic mass is 9.87. The van der Waals surface area contributed by atoms with Crippen molar-refractivity contribution in [3.8, 4) is 0 Å². The molecule has 0 aliphatic carbocycles. The molecular formula is C20H19NO3. The highest BCUT2D eigenvalue weighted by Crippen LogP contribution is 2.43. The van der Waals surface area contributed by atoms with Gasteiger partial charge in [0.15, 0.2) is 0 Å².